The van der Waals surface area contributed by atoms with E-state index in [0.29, 0.717) is 46.1 Å². The van der Waals surface area contributed by atoms with Crippen molar-refractivity contribution in [2.75, 3.05) is 23.7 Å². The predicted molar refractivity (Wildman–Crippen MR) is 161 cm³/mol. The molecule has 2 aromatic rings. The summed E-state index contributed by atoms with van der Waals surface area (Å²) in [6.45, 7) is 5.39. The highest BCUT2D eigenvalue weighted by Gasteiger charge is 2.28. The van der Waals surface area contributed by atoms with Crippen LogP contribution in [0.2, 0.25) is 0 Å². The number of carbonyl (C=O) groups is 4. The van der Waals surface area contributed by atoms with Crippen LogP contribution in [-0.4, -0.2) is 37.0 Å². The summed E-state index contributed by atoms with van der Waals surface area (Å²) in [4.78, 5) is 51.2. The van der Waals surface area contributed by atoms with E-state index in [0.717, 1.165) is 85.1 Å². The van der Waals surface area contributed by atoms with E-state index >= 15 is 0 Å². The van der Waals surface area contributed by atoms with Gasteiger partial charge in [0.2, 0.25) is 0 Å². The third-order valence-corrected chi connectivity index (χ3v) is 9.98. The molecule has 0 radical (unpaired) electrons. The number of nitrogens with one attached hydrogen (secondary N) is 4. The number of hydrogen-bond acceptors (Lipinski definition) is 6. The number of anilines is 2. The Morgan fingerprint density at radius 2 is 1.10 bits per heavy atom. The third kappa shape index (κ3) is 7.34. The first kappa shape index (κ1) is 29.9. The van der Waals surface area contributed by atoms with Gasteiger partial charge in [0.05, 0.1) is 11.1 Å². The van der Waals surface area contributed by atoms with Crippen molar-refractivity contribution in [2.45, 2.75) is 78.1 Å². The maximum Gasteiger partial charge on any atom is 0.319 e. The Bertz CT molecular complexity index is 1170. The molecule has 0 saturated carbocycles. The van der Waals surface area contributed by atoms with E-state index in [9.17, 15) is 19.2 Å². The molecule has 4 rings (SSSR count). The summed E-state index contributed by atoms with van der Waals surface area (Å²) >= 11 is 2.90. The number of unbranched alkanes of at least 4 members (excludes halogenated alkanes) is 3. The van der Waals surface area contributed by atoms with Gasteiger partial charge in [0.25, 0.3) is 11.8 Å². The van der Waals surface area contributed by atoms with Crippen molar-refractivity contribution in [3.05, 3.63) is 32.0 Å². The number of nitrogens with two attached hydrogens (primary N) is 2. The molecule has 8 N–H and O–H groups in total. The highest BCUT2D eigenvalue weighted by molar-refractivity contribution is 7.17. The lowest BCUT2D eigenvalue weighted by Gasteiger charge is -2.18. The van der Waals surface area contributed by atoms with Crippen LogP contribution in [0.4, 0.5) is 19.6 Å². The standard InChI is InChI=1S/C28H40N6O4S2/c1-15-7-9-17-19(13-15)39-25(21(17)23(29)35)33-27(37)31-11-5-3-4-6-12-32-28(38)34-26-22(24(30)36)18-10-8-16(2)14-20(18)40-26/h15-16H,3-14H2,1-2H3,(H2,29,35)(H2,30,36)(H2,31,33,37)(H2,32,34,38)/t15-,16-/m1/s1. The molecule has 0 unspecified atom stereocenters. The molecule has 2 aliphatic rings. The van der Waals surface area contributed by atoms with Crippen LogP contribution in [0.15, 0.2) is 0 Å². The fourth-order valence-electron chi connectivity index (χ4n) is 5.50. The molecule has 10 nitrogen and oxygen atoms in total. The normalized spacial score (nSPS) is 17.9. The summed E-state index contributed by atoms with van der Waals surface area (Å²) in [5.74, 6) is 0.121. The van der Waals surface area contributed by atoms with Gasteiger partial charge in [-0.05, 0) is 74.3 Å². The van der Waals surface area contributed by atoms with Crippen molar-refractivity contribution in [1.82, 2.24) is 10.6 Å². The minimum Gasteiger partial charge on any atom is -0.365 e. The van der Waals surface area contributed by atoms with E-state index in [-0.39, 0.29) is 12.1 Å². The molecule has 0 spiro atoms. The van der Waals surface area contributed by atoms with Crippen LogP contribution in [0.1, 0.15) is 94.0 Å². The maximum atomic E-state index is 12.4. The second-order valence-electron chi connectivity index (χ2n) is 11.0. The first-order valence-electron chi connectivity index (χ1n) is 14.1. The molecule has 2 aromatic heterocycles. The largest absolute Gasteiger partial charge is 0.365 e. The summed E-state index contributed by atoms with van der Waals surface area (Å²) in [5.41, 5.74) is 14.1. The number of urea groups is 2. The second kappa shape index (κ2) is 13.5. The van der Waals surface area contributed by atoms with E-state index in [4.69, 9.17) is 11.5 Å². The van der Waals surface area contributed by atoms with Crippen LogP contribution in [0.3, 0.4) is 0 Å². The lowest BCUT2D eigenvalue weighted by Crippen LogP contribution is -2.30. The van der Waals surface area contributed by atoms with Crippen LogP contribution in [0.5, 0.6) is 0 Å². The topological polar surface area (TPSA) is 168 Å². The van der Waals surface area contributed by atoms with E-state index in [1.807, 2.05) is 0 Å². The van der Waals surface area contributed by atoms with E-state index in [1.165, 1.54) is 22.7 Å². The van der Waals surface area contributed by atoms with E-state index in [1.54, 1.807) is 0 Å². The molecule has 0 saturated heterocycles. The fourth-order valence-corrected chi connectivity index (χ4v) is 8.32. The van der Waals surface area contributed by atoms with Gasteiger partial charge in [-0.2, -0.15) is 0 Å². The summed E-state index contributed by atoms with van der Waals surface area (Å²) in [7, 11) is 0. The van der Waals surface area contributed by atoms with Crippen molar-refractivity contribution >= 4 is 56.6 Å². The Balaban J connectivity index is 1.12. The van der Waals surface area contributed by atoms with Crippen LogP contribution in [0.25, 0.3) is 0 Å². The predicted octanol–water partition coefficient (Wildman–Crippen LogP) is 4.76. The van der Waals surface area contributed by atoms with Gasteiger partial charge in [0, 0.05) is 22.8 Å². The Kier molecular flexibility index (Phi) is 10.1. The molecule has 2 aliphatic carbocycles. The van der Waals surface area contributed by atoms with E-state index < -0.39 is 11.8 Å². The minimum absolute atomic E-state index is 0.340. The molecule has 218 valence electrons. The van der Waals surface area contributed by atoms with Gasteiger partial charge in [-0.15, -0.1) is 22.7 Å². The Morgan fingerprint density at radius 3 is 1.48 bits per heavy atom. The monoisotopic (exact) mass is 588 g/mol. The smallest absolute Gasteiger partial charge is 0.319 e. The lowest BCUT2D eigenvalue weighted by atomic mass is 9.88. The molecule has 0 aromatic carbocycles. The molecule has 6 amide bonds. The SMILES string of the molecule is C[C@@H]1CCc2c(sc(NC(=O)NCCCCCCNC(=O)Nc3sc4c(c3C(N)=O)CC[C@@H](C)C4)c2C(N)=O)C1. The molecule has 2 heterocycles. The Hall–Kier alpha value is -3.12. The number of fused-ring (bicyclic) bond motifs is 2. The number of thiophene rings is 2. The molecule has 12 heteroatoms. The third-order valence-electron chi connectivity index (χ3n) is 7.64. The van der Waals surface area contributed by atoms with Crippen LogP contribution in [-0.2, 0) is 25.7 Å². The first-order valence-corrected chi connectivity index (χ1v) is 15.8. The van der Waals surface area contributed by atoms with Crippen molar-refractivity contribution in [2.24, 2.45) is 23.3 Å². The van der Waals surface area contributed by atoms with Crippen LogP contribution < -0.4 is 32.7 Å². The highest BCUT2D eigenvalue weighted by Crippen LogP contribution is 2.40. The van der Waals surface area contributed by atoms with Gasteiger partial charge < -0.3 is 22.1 Å². The highest BCUT2D eigenvalue weighted by atomic mass is 32.1. The molecule has 0 fully saturated rings. The van der Waals surface area contributed by atoms with Crippen molar-refractivity contribution in [3.8, 4) is 0 Å². The molecule has 40 heavy (non-hydrogen) atoms. The van der Waals surface area contributed by atoms with Gasteiger partial charge in [-0.3, -0.25) is 20.2 Å². The lowest BCUT2D eigenvalue weighted by molar-refractivity contribution is 0.0991. The van der Waals surface area contributed by atoms with Gasteiger partial charge in [0.15, 0.2) is 0 Å². The molecule has 2 atom stereocenters. The average Bonchev–Trinajstić information content (AvgIpc) is 3.41. The van der Waals surface area contributed by atoms with Gasteiger partial charge in [-0.1, -0.05) is 26.7 Å². The summed E-state index contributed by atoms with van der Waals surface area (Å²) in [6.07, 6.45) is 8.84. The quantitative estimate of drug-likeness (QED) is 0.208. The fraction of sp³-hybridized carbons (Fsp3) is 0.571. The van der Waals surface area contributed by atoms with Crippen molar-refractivity contribution in [1.29, 1.82) is 0 Å². The first-order chi connectivity index (χ1) is 19.1. The number of hydrogen-bond donors (Lipinski definition) is 6. The zero-order valence-electron chi connectivity index (χ0n) is 23.2. The number of carbonyl (C=O) groups excluding carboxylic acids is 4. The van der Waals surface area contributed by atoms with Crippen molar-refractivity contribution < 1.29 is 19.2 Å². The van der Waals surface area contributed by atoms with Crippen LogP contribution in [0, 0.1) is 11.8 Å². The van der Waals surface area contributed by atoms with Crippen molar-refractivity contribution in [3.63, 3.8) is 0 Å². The Labute approximate surface area is 243 Å². The number of amides is 6. The number of rotatable bonds is 11. The summed E-state index contributed by atoms with van der Waals surface area (Å²) < 4.78 is 0. The van der Waals surface area contributed by atoms with Gasteiger partial charge in [-0.25, -0.2) is 9.59 Å². The molecule has 0 bridgehead atoms. The van der Waals surface area contributed by atoms with E-state index in [2.05, 4.69) is 35.1 Å². The summed E-state index contributed by atoms with van der Waals surface area (Å²) in [6, 6.07) is -0.681. The maximum absolute atomic E-state index is 12.4. The molecule has 0 aliphatic heterocycles. The molecular formula is C28H40N6O4S2. The zero-order chi connectivity index (χ0) is 28.8. The zero-order valence-corrected chi connectivity index (χ0v) is 24.9. The summed E-state index contributed by atoms with van der Waals surface area (Å²) in [5, 5.41) is 12.4. The Morgan fingerprint density at radius 1 is 0.700 bits per heavy atom. The number of primary amides is 2. The van der Waals surface area contributed by atoms with Gasteiger partial charge in [0.1, 0.15) is 10.0 Å². The van der Waals surface area contributed by atoms with Gasteiger partial charge >= 0.3 is 12.1 Å². The second-order valence-corrected chi connectivity index (χ2v) is 13.2. The minimum atomic E-state index is -0.498. The average molecular weight is 589 g/mol. The molecular weight excluding hydrogens is 548 g/mol. The van der Waals surface area contributed by atoms with Crippen LogP contribution >= 0.6 is 22.7 Å².